The molecule has 1 aromatic rings. The molecule has 102 valence electrons. The Morgan fingerprint density at radius 2 is 2.00 bits per heavy atom. The number of ether oxygens (including phenoxy) is 2. The van der Waals surface area contributed by atoms with Crippen molar-refractivity contribution >= 4 is 23.5 Å². The van der Waals surface area contributed by atoms with Crippen molar-refractivity contribution in [3.05, 3.63) is 34.9 Å². The molecule has 0 bridgehead atoms. The van der Waals surface area contributed by atoms with E-state index in [4.69, 9.17) is 21.1 Å². The molecule has 0 aromatic heterocycles. The van der Waals surface area contributed by atoms with Crippen molar-refractivity contribution in [2.75, 3.05) is 6.61 Å². The number of hydrogen-bond acceptors (Lipinski definition) is 4. The molecule has 0 aliphatic carbocycles. The molecule has 1 heterocycles. The number of halogens is 1. The third-order valence-electron chi connectivity index (χ3n) is 3.01. The zero-order chi connectivity index (χ0) is 13.7. The Morgan fingerprint density at radius 1 is 1.21 bits per heavy atom. The van der Waals surface area contributed by atoms with Gasteiger partial charge in [0, 0.05) is 11.4 Å². The Labute approximate surface area is 116 Å². The molecule has 1 aliphatic heterocycles. The summed E-state index contributed by atoms with van der Waals surface area (Å²) in [5.74, 6) is -0.836. The number of carbonyl (C=O) groups is 2. The van der Waals surface area contributed by atoms with Crippen LogP contribution in [0.25, 0.3) is 0 Å². The second-order valence-electron chi connectivity index (χ2n) is 4.44. The van der Waals surface area contributed by atoms with Crippen molar-refractivity contribution in [1.82, 2.24) is 0 Å². The first kappa shape index (κ1) is 13.9. The molecule has 1 saturated heterocycles. The fourth-order valence-corrected chi connectivity index (χ4v) is 2.22. The fourth-order valence-electron chi connectivity index (χ4n) is 1.99. The average Bonchev–Trinajstić information content (AvgIpc) is 2.39. The highest BCUT2D eigenvalue weighted by Crippen LogP contribution is 2.20. The Kier molecular flexibility index (Phi) is 4.80. The first-order valence-corrected chi connectivity index (χ1v) is 6.61. The smallest absolute Gasteiger partial charge is 0.344 e. The Balaban J connectivity index is 1.92. The van der Waals surface area contributed by atoms with Crippen LogP contribution in [0, 0.1) is 0 Å². The topological polar surface area (TPSA) is 52.6 Å². The van der Waals surface area contributed by atoms with Crippen LogP contribution < -0.4 is 0 Å². The van der Waals surface area contributed by atoms with E-state index >= 15 is 0 Å². The van der Waals surface area contributed by atoms with E-state index in [1.165, 1.54) is 0 Å². The number of hydrogen-bond donors (Lipinski definition) is 0. The highest BCUT2D eigenvalue weighted by Gasteiger charge is 2.21. The molecule has 0 spiro atoms. The van der Waals surface area contributed by atoms with Gasteiger partial charge in [-0.25, -0.2) is 4.79 Å². The molecule has 4 nitrogen and oxygen atoms in total. The summed E-state index contributed by atoms with van der Waals surface area (Å²) < 4.78 is 9.93. The zero-order valence-corrected chi connectivity index (χ0v) is 11.2. The molecule has 0 N–H and O–H groups in total. The summed E-state index contributed by atoms with van der Waals surface area (Å²) >= 11 is 6.07. The van der Waals surface area contributed by atoms with Gasteiger partial charge in [0.2, 0.25) is 0 Å². The molecule has 2 rings (SSSR count). The maximum Gasteiger partial charge on any atom is 0.344 e. The minimum atomic E-state index is -0.489. The third-order valence-corrected chi connectivity index (χ3v) is 3.38. The lowest BCUT2D eigenvalue weighted by atomic mass is 10.0. The first-order chi connectivity index (χ1) is 9.15. The number of esters is 2. The molecule has 0 unspecified atom stereocenters. The summed E-state index contributed by atoms with van der Waals surface area (Å²) in [4.78, 5) is 22.5. The third kappa shape index (κ3) is 4.24. The lowest BCUT2D eigenvalue weighted by Gasteiger charge is -2.20. The quantitative estimate of drug-likeness (QED) is 0.800. The van der Waals surface area contributed by atoms with Crippen LogP contribution in [0.4, 0.5) is 0 Å². The van der Waals surface area contributed by atoms with Gasteiger partial charge in [-0.1, -0.05) is 29.8 Å². The van der Waals surface area contributed by atoms with Crippen LogP contribution in [-0.2, 0) is 25.5 Å². The van der Waals surface area contributed by atoms with E-state index in [9.17, 15) is 9.59 Å². The van der Waals surface area contributed by atoms with Gasteiger partial charge in [0.25, 0.3) is 0 Å². The molecular weight excluding hydrogens is 268 g/mol. The monoisotopic (exact) mass is 282 g/mol. The zero-order valence-electron chi connectivity index (χ0n) is 10.4. The average molecular weight is 283 g/mol. The molecule has 19 heavy (non-hydrogen) atoms. The van der Waals surface area contributed by atoms with E-state index in [1.54, 1.807) is 0 Å². The lowest BCUT2D eigenvalue weighted by molar-refractivity contribution is -0.167. The maximum atomic E-state index is 11.3. The molecule has 1 aromatic carbocycles. The predicted octanol–water partition coefficient (Wildman–Crippen LogP) is 2.52. The Morgan fingerprint density at radius 3 is 2.79 bits per heavy atom. The number of benzene rings is 1. The molecule has 0 radical (unpaired) electrons. The number of aryl methyl sites for hydroxylation is 1. The summed E-state index contributed by atoms with van der Waals surface area (Å²) in [6, 6.07) is 7.57. The minimum absolute atomic E-state index is 0.253. The minimum Gasteiger partial charge on any atom is -0.460 e. The summed E-state index contributed by atoms with van der Waals surface area (Å²) in [5, 5.41) is 0.707. The molecule has 1 fully saturated rings. The van der Waals surface area contributed by atoms with Crippen molar-refractivity contribution in [2.24, 2.45) is 0 Å². The van der Waals surface area contributed by atoms with Gasteiger partial charge < -0.3 is 9.47 Å². The van der Waals surface area contributed by atoms with Crippen LogP contribution in [0.1, 0.15) is 24.8 Å². The number of cyclic esters (lactones) is 2. The largest absolute Gasteiger partial charge is 0.460 e. The number of rotatable bonds is 3. The van der Waals surface area contributed by atoms with Crippen LogP contribution in [0.3, 0.4) is 0 Å². The van der Waals surface area contributed by atoms with E-state index in [0.29, 0.717) is 24.3 Å². The van der Waals surface area contributed by atoms with Crippen molar-refractivity contribution in [1.29, 1.82) is 0 Å². The van der Waals surface area contributed by atoms with Crippen LogP contribution in [0.15, 0.2) is 24.3 Å². The molecular formula is C14H15ClO4. The van der Waals surface area contributed by atoms with Crippen LogP contribution in [0.2, 0.25) is 5.02 Å². The summed E-state index contributed by atoms with van der Waals surface area (Å²) in [6.07, 6.45) is 1.89. The molecule has 5 heteroatoms. The van der Waals surface area contributed by atoms with Crippen molar-refractivity contribution in [2.45, 2.75) is 31.8 Å². The molecule has 1 aliphatic rings. The van der Waals surface area contributed by atoms with E-state index < -0.39 is 5.97 Å². The maximum absolute atomic E-state index is 11.3. The van der Waals surface area contributed by atoms with Crippen LogP contribution in [0.5, 0.6) is 0 Å². The Bertz CT molecular complexity index is 472. The van der Waals surface area contributed by atoms with Crippen LogP contribution in [-0.4, -0.2) is 24.6 Å². The van der Waals surface area contributed by atoms with Gasteiger partial charge in [0.05, 0.1) is 0 Å². The molecule has 1 atom stereocenters. The van der Waals surface area contributed by atoms with Gasteiger partial charge in [0.1, 0.15) is 6.10 Å². The lowest BCUT2D eigenvalue weighted by Crippen LogP contribution is -2.27. The summed E-state index contributed by atoms with van der Waals surface area (Å²) in [5.41, 5.74) is 1.02. The fraction of sp³-hybridized carbons (Fsp3) is 0.429. The van der Waals surface area contributed by atoms with Gasteiger partial charge in [-0.15, -0.1) is 0 Å². The van der Waals surface area contributed by atoms with E-state index in [1.807, 2.05) is 24.3 Å². The van der Waals surface area contributed by atoms with E-state index in [-0.39, 0.29) is 25.1 Å². The van der Waals surface area contributed by atoms with Gasteiger partial charge in [-0.3, -0.25) is 4.79 Å². The van der Waals surface area contributed by atoms with Crippen LogP contribution >= 0.6 is 11.6 Å². The summed E-state index contributed by atoms with van der Waals surface area (Å²) in [6.45, 7) is -0.290. The summed E-state index contributed by atoms with van der Waals surface area (Å²) in [7, 11) is 0. The van der Waals surface area contributed by atoms with Crippen molar-refractivity contribution < 1.29 is 19.1 Å². The van der Waals surface area contributed by atoms with Gasteiger partial charge in [-0.2, -0.15) is 0 Å². The van der Waals surface area contributed by atoms with Gasteiger partial charge in [-0.05, 0) is 30.9 Å². The van der Waals surface area contributed by atoms with Gasteiger partial charge >= 0.3 is 11.9 Å². The second kappa shape index (κ2) is 6.57. The SMILES string of the molecule is O=C1CC[C@H](CCc2ccccc2Cl)OC(=O)CO1. The number of carbonyl (C=O) groups excluding carboxylic acids is 2. The molecule has 0 saturated carbocycles. The normalized spacial score (nSPS) is 20.2. The Hall–Kier alpha value is -1.55. The van der Waals surface area contributed by atoms with Gasteiger partial charge in [0.15, 0.2) is 6.61 Å². The molecule has 0 amide bonds. The highest BCUT2D eigenvalue weighted by molar-refractivity contribution is 6.31. The van der Waals surface area contributed by atoms with E-state index in [0.717, 1.165) is 5.56 Å². The second-order valence-corrected chi connectivity index (χ2v) is 4.85. The van der Waals surface area contributed by atoms with Crippen molar-refractivity contribution in [3.8, 4) is 0 Å². The standard InChI is InChI=1S/C14H15ClO4/c15-12-4-2-1-3-10(12)5-6-11-7-8-13(16)18-9-14(17)19-11/h1-4,11H,5-9H2/t11-/m0/s1. The first-order valence-electron chi connectivity index (χ1n) is 6.23. The highest BCUT2D eigenvalue weighted by atomic mass is 35.5. The van der Waals surface area contributed by atoms with Crippen molar-refractivity contribution in [3.63, 3.8) is 0 Å². The van der Waals surface area contributed by atoms with E-state index in [2.05, 4.69) is 0 Å². The predicted molar refractivity (Wildman–Crippen MR) is 69.8 cm³/mol.